The van der Waals surface area contributed by atoms with Crippen molar-refractivity contribution >= 4 is 26.4 Å². The zero-order chi connectivity index (χ0) is 15.4. The number of nitrogens with zero attached hydrogens (tertiary/aromatic N) is 1. The second-order valence-electron chi connectivity index (χ2n) is 4.10. The summed E-state index contributed by atoms with van der Waals surface area (Å²) in [7, 11) is -2.63. The van der Waals surface area contributed by atoms with Gasteiger partial charge in [-0.15, -0.1) is 11.6 Å². The van der Waals surface area contributed by atoms with Gasteiger partial charge in [-0.1, -0.05) is 0 Å². The largest absolute Gasteiger partial charge is 0.500 e. The standard InChI is InChI=1S/C12H27ClN2O4Si/c1-4-17-20(18-5-2,19-6-3)11-7-9-15(10-8-13)12(14)16/h4-11H2,1-3H3,(H2,14,16). The number of nitrogens with two attached hydrogens (primary N) is 1. The first kappa shape index (κ1) is 19.7. The Morgan fingerprint density at radius 1 is 1.10 bits per heavy atom. The highest BCUT2D eigenvalue weighted by Crippen LogP contribution is 2.18. The van der Waals surface area contributed by atoms with Crippen LogP contribution in [-0.4, -0.2) is 58.5 Å². The number of carbonyl (C=O) groups is 1. The van der Waals surface area contributed by atoms with Crippen LogP contribution in [0.1, 0.15) is 27.2 Å². The fraction of sp³-hybridized carbons (Fsp3) is 0.917. The van der Waals surface area contributed by atoms with E-state index >= 15 is 0 Å². The minimum atomic E-state index is -2.63. The average Bonchev–Trinajstić information content (AvgIpc) is 2.38. The first-order valence-corrected chi connectivity index (χ1v) is 9.54. The van der Waals surface area contributed by atoms with Crippen molar-refractivity contribution in [1.82, 2.24) is 4.90 Å². The van der Waals surface area contributed by atoms with Gasteiger partial charge in [-0.2, -0.15) is 0 Å². The van der Waals surface area contributed by atoms with Crippen LogP contribution in [0.5, 0.6) is 0 Å². The van der Waals surface area contributed by atoms with Crippen molar-refractivity contribution in [1.29, 1.82) is 0 Å². The number of primary amides is 1. The summed E-state index contributed by atoms with van der Waals surface area (Å²) in [5.74, 6) is 0.369. The normalized spacial score (nSPS) is 11.6. The van der Waals surface area contributed by atoms with Crippen molar-refractivity contribution in [2.75, 3.05) is 38.8 Å². The highest BCUT2D eigenvalue weighted by molar-refractivity contribution is 6.60. The van der Waals surface area contributed by atoms with Crippen LogP contribution in [0.4, 0.5) is 4.79 Å². The fourth-order valence-electron chi connectivity index (χ4n) is 1.92. The highest BCUT2D eigenvalue weighted by atomic mass is 35.5. The molecule has 0 unspecified atom stereocenters. The number of amides is 2. The van der Waals surface area contributed by atoms with Crippen molar-refractivity contribution < 1.29 is 18.1 Å². The van der Waals surface area contributed by atoms with Crippen LogP contribution in [0.15, 0.2) is 0 Å². The lowest BCUT2D eigenvalue weighted by Crippen LogP contribution is -2.47. The molecule has 0 spiro atoms. The second kappa shape index (κ2) is 11.3. The van der Waals surface area contributed by atoms with E-state index in [1.807, 2.05) is 20.8 Å². The van der Waals surface area contributed by atoms with Crippen LogP contribution >= 0.6 is 11.6 Å². The maximum Gasteiger partial charge on any atom is 0.500 e. The molecule has 0 fully saturated rings. The van der Waals surface area contributed by atoms with E-state index in [9.17, 15) is 4.79 Å². The van der Waals surface area contributed by atoms with Gasteiger partial charge in [-0.3, -0.25) is 0 Å². The van der Waals surface area contributed by atoms with Gasteiger partial charge in [0.05, 0.1) is 0 Å². The van der Waals surface area contributed by atoms with Crippen LogP contribution in [0.3, 0.4) is 0 Å². The van der Waals surface area contributed by atoms with Gasteiger partial charge >= 0.3 is 14.8 Å². The molecule has 20 heavy (non-hydrogen) atoms. The minimum Gasteiger partial charge on any atom is -0.374 e. The van der Waals surface area contributed by atoms with Gasteiger partial charge in [0, 0.05) is 44.8 Å². The molecule has 2 amide bonds. The Morgan fingerprint density at radius 3 is 1.95 bits per heavy atom. The van der Waals surface area contributed by atoms with Gasteiger partial charge in [-0.25, -0.2) is 4.79 Å². The summed E-state index contributed by atoms with van der Waals surface area (Å²) in [6.45, 7) is 8.39. The Morgan fingerprint density at radius 2 is 1.60 bits per heavy atom. The number of rotatable bonds is 12. The van der Waals surface area contributed by atoms with Crippen LogP contribution in [-0.2, 0) is 13.3 Å². The molecule has 120 valence electrons. The minimum absolute atomic E-state index is 0.369. The van der Waals surface area contributed by atoms with Gasteiger partial charge < -0.3 is 23.9 Å². The summed E-state index contributed by atoms with van der Waals surface area (Å²) in [6, 6.07) is 0.205. The lowest BCUT2D eigenvalue weighted by Gasteiger charge is -2.29. The van der Waals surface area contributed by atoms with Crippen molar-refractivity contribution in [3.8, 4) is 0 Å². The van der Waals surface area contributed by atoms with Crippen molar-refractivity contribution in [3.63, 3.8) is 0 Å². The molecule has 0 aromatic carbocycles. The topological polar surface area (TPSA) is 74.0 Å². The molecule has 0 radical (unpaired) electrons. The van der Waals surface area contributed by atoms with E-state index in [-0.39, 0.29) is 0 Å². The van der Waals surface area contributed by atoms with Gasteiger partial charge in [0.1, 0.15) is 0 Å². The summed E-state index contributed by atoms with van der Waals surface area (Å²) >= 11 is 5.64. The lowest BCUT2D eigenvalue weighted by molar-refractivity contribution is 0.0702. The van der Waals surface area contributed by atoms with Crippen LogP contribution in [0.2, 0.25) is 6.04 Å². The van der Waals surface area contributed by atoms with Crippen molar-refractivity contribution in [3.05, 3.63) is 0 Å². The molecule has 0 bridgehead atoms. The van der Waals surface area contributed by atoms with E-state index in [2.05, 4.69) is 0 Å². The molecule has 0 aromatic heterocycles. The first-order valence-electron chi connectivity index (χ1n) is 7.07. The number of urea groups is 1. The Labute approximate surface area is 127 Å². The van der Waals surface area contributed by atoms with Crippen molar-refractivity contribution in [2.24, 2.45) is 5.73 Å². The molecule has 8 heteroatoms. The van der Waals surface area contributed by atoms with Gasteiger partial charge in [0.2, 0.25) is 0 Å². The van der Waals surface area contributed by atoms with Crippen molar-refractivity contribution in [2.45, 2.75) is 33.2 Å². The van der Waals surface area contributed by atoms with E-state index in [1.54, 1.807) is 0 Å². The molecule has 0 aromatic rings. The SMILES string of the molecule is CCO[Si](CCCN(CCCl)C(N)=O)(OCC)OCC. The maximum atomic E-state index is 11.2. The van der Waals surface area contributed by atoms with E-state index in [0.717, 1.165) is 0 Å². The lowest BCUT2D eigenvalue weighted by atomic mass is 10.4. The molecule has 0 heterocycles. The Hall–Kier alpha value is -0.343. The molecule has 2 N–H and O–H groups in total. The molecule has 0 aliphatic heterocycles. The van der Waals surface area contributed by atoms with E-state index in [0.29, 0.717) is 51.3 Å². The van der Waals surface area contributed by atoms with Crippen LogP contribution < -0.4 is 5.73 Å². The number of hydrogen-bond acceptors (Lipinski definition) is 4. The Kier molecular flexibility index (Phi) is 11.1. The van der Waals surface area contributed by atoms with Gasteiger partial charge in [0.25, 0.3) is 0 Å². The van der Waals surface area contributed by atoms with E-state index < -0.39 is 14.8 Å². The zero-order valence-corrected chi connectivity index (χ0v) is 14.4. The first-order chi connectivity index (χ1) is 9.55. The summed E-state index contributed by atoms with van der Waals surface area (Å²) in [5, 5.41) is 0. The molecular weight excluding hydrogens is 300 g/mol. The molecule has 0 saturated heterocycles. The summed E-state index contributed by atoms with van der Waals surface area (Å²) in [5.41, 5.74) is 5.29. The number of carbonyl (C=O) groups excluding carboxylic acids is 1. The number of halogens is 1. The van der Waals surface area contributed by atoms with E-state index in [1.165, 1.54) is 4.90 Å². The molecule has 0 aliphatic rings. The monoisotopic (exact) mass is 326 g/mol. The molecule has 0 rings (SSSR count). The Balaban J connectivity index is 4.45. The van der Waals surface area contributed by atoms with Crippen LogP contribution in [0.25, 0.3) is 0 Å². The van der Waals surface area contributed by atoms with Gasteiger partial charge in [-0.05, 0) is 27.2 Å². The van der Waals surface area contributed by atoms with E-state index in [4.69, 9.17) is 30.6 Å². The summed E-state index contributed by atoms with van der Waals surface area (Å²) in [6.07, 6.45) is 0.714. The highest BCUT2D eigenvalue weighted by Gasteiger charge is 2.39. The second-order valence-corrected chi connectivity index (χ2v) is 7.21. The predicted molar refractivity (Wildman–Crippen MR) is 81.9 cm³/mol. The number of alkyl halides is 1. The quantitative estimate of drug-likeness (QED) is 0.440. The molecule has 0 saturated carbocycles. The maximum absolute atomic E-state index is 11.2. The third-order valence-electron chi connectivity index (χ3n) is 2.67. The Bertz CT molecular complexity index is 255. The smallest absolute Gasteiger partial charge is 0.374 e. The predicted octanol–water partition coefficient (Wildman–Crippen LogP) is 2.04. The molecule has 0 aliphatic carbocycles. The summed E-state index contributed by atoms with van der Waals surface area (Å²) < 4.78 is 17.2. The van der Waals surface area contributed by atoms with Crippen LogP contribution in [0, 0.1) is 0 Å². The summed E-state index contributed by atoms with van der Waals surface area (Å²) in [4.78, 5) is 12.8. The zero-order valence-electron chi connectivity index (χ0n) is 12.7. The van der Waals surface area contributed by atoms with Gasteiger partial charge in [0.15, 0.2) is 0 Å². The molecular formula is C12H27ClN2O4Si. The third-order valence-corrected chi connectivity index (χ3v) is 5.99. The number of hydrogen-bond donors (Lipinski definition) is 1. The third kappa shape index (κ3) is 7.44. The molecule has 6 nitrogen and oxygen atoms in total. The average molecular weight is 327 g/mol. The fourth-order valence-corrected chi connectivity index (χ4v) is 4.72. The molecule has 0 atom stereocenters.